The summed E-state index contributed by atoms with van der Waals surface area (Å²) in [5.74, 6) is 0. The number of para-hydroxylation sites is 1. The molecule has 0 amide bonds. The van der Waals surface area contributed by atoms with Gasteiger partial charge in [-0.1, -0.05) is 25.1 Å². The maximum Gasteiger partial charge on any atom is 0.276 e. The first-order valence-corrected chi connectivity index (χ1v) is 8.48. The van der Waals surface area contributed by atoms with Crippen LogP contribution in [0.25, 0.3) is 11.0 Å². The zero-order chi connectivity index (χ0) is 15.6. The van der Waals surface area contributed by atoms with E-state index in [-0.39, 0.29) is 11.6 Å². The largest absolute Gasteiger partial charge is 0.443 e. The van der Waals surface area contributed by atoms with Crippen molar-refractivity contribution in [1.29, 1.82) is 0 Å². The molecular formula is C15H21NO4S. The second-order valence-corrected chi connectivity index (χ2v) is 7.06. The van der Waals surface area contributed by atoms with Gasteiger partial charge in [0.1, 0.15) is 5.58 Å². The molecule has 1 N–H and O–H groups in total. The quantitative estimate of drug-likeness (QED) is 0.890. The van der Waals surface area contributed by atoms with Crippen molar-refractivity contribution in [2.45, 2.75) is 38.4 Å². The maximum absolute atomic E-state index is 12.8. The van der Waals surface area contributed by atoms with E-state index in [9.17, 15) is 13.5 Å². The number of hydrogen-bond acceptors (Lipinski definition) is 4. The summed E-state index contributed by atoms with van der Waals surface area (Å²) in [5, 5.41) is 10.3. The van der Waals surface area contributed by atoms with Crippen LogP contribution in [0.5, 0.6) is 0 Å². The summed E-state index contributed by atoms with van der Waals surface area (Å²) in [4.78, 5) is 0. The molecule has 5 nitrogen and oxygen atoms in total. The number of sulfonamides is 1. The molecule has 0 aliphatic rings. The van der Waals surface area contributed by atoms with E-state index < -0.39 is 16.1 Å². The van der Waals surface area contributed by atoms with Crippen LogP contribution in [0.1, 0.15) is 25.8 Å². The number of hydrogen-bond donors (Lipinski definition) is 1. The highest BCUT2D eigenvalue weighted by Crippen LogP contribution is 2.30. The highest BCUT2D eigenvalue weighted by Gasteiger charge is 2.30. The van der Waals surface area contributed by atoms with Gasteiger partial charge in [0.25, 0.3) is 10.0 Å². The van der Waals surface area contributed by atoms with Gasteiger partial charge in [0, 0.05) is 24.0 Å². The summed E-state index contributed by atoms with van der Waals surface area (Å²) < 4.78 is 32.4. The molecule has 6 heteroatoms. The number of furan rings is 1. The molecule has 21 heavy (non-hydrogen) atoms. The van der Waals surface area contributed by atoms with Crippen molar-refractivity contribution in [3.8, 4) is 0 Å². The fraction of sp³-hybridized carbons (Fsp3) is 0.467. The predicted molar refractivity (Wildman–Crippen MR) is 81.7 cm³/mol. The number of aryl methyl sites for hydroxylation is 1. The Labute approximate surface area is 125 Å². The van der Waals surface area contributed by atoms with E-state index in [0.717, 1.165) is 5.39 Å². The summed E-state index contributed by atoms with van der Waals surface area (Å²) in [6.45, 7) is 5.63. The lowest BCUT2D eigenvalue weighted by atomic mass is 10.2. The Balaban J connectivity index is 2.51. The van der Waals surface area contributed by atoms with Gasteiger partial charge in [-0.25, -0.2) is 8.42 Å². The first-order chi connectivity index (χ1) is 9.87. The van der Waals surface area contributed by atoms with Gasteiger partial charge in [0.2, 0.25) is 5.09 Å². The average Bonchev–Trinajstić information content (AvgIpc) is 2.76. The molecule has 0 aliphatic carbocycles. The van der Waals surface area contributed by atoms with Crippen LogP contribution in [-0.2, 0) is 10.0 Å². The van der Waals surface area contributed by atoms with E-state index in [4.69, 9.17) is 4.42 Å². The van der Waals surface area contributed by atoms with Gasteiger partial charge in [-0.15, -0.1) is 0 Å². The zero-order valence-corrected chi connectivity index (χ0v) is 13.4. The van der Waals surface area contributed by atoms with E-state index in [1.807, 2.05) is 19.1 Å². The first-order valence-electron chi connectivity index (χ1n) is 7.04. The molecule has 1 unspecified atom stereocenters. The third kappa shape index (κ3) is 3.12. The highest BCUT2D eigenvalue weighted by atomic mass is 32.2. The van der Waals surface area contributed by atoms with Gasteiger partial charge in [-0.05, 0) is 26.3 Å². The van der Waals surface area contributed by atoms with Gasteiger partial charge in [-0.2, -0.15) is 4.31 Å². The number of nitrogens with zero attached hydrogens (tertiary/aromatic N) is 1. The lowest BCUT2D eigenvalue weighted by Gasteiger charge is -2.21. The van der Waals surface area contributed by atoms with Gasteiger partial charge >= 0.3 is 0 Å². The Hall–Kier alpha value is -1.37. The Kier molecular flexibility index (Phi) is 4.70. The molecule has 1 atom stereocenters. The summed E-state index contributed by atoms with van der Waals surface area (Å²) >= 11 is 0. The molecule has 0 aliphatic heterocycles. The van der Waals surface area contributed by atoms with E-state index in [2.05, 4.69) is 0 Å². The Bertz CT molecular complexity index is 718. The van der Waals surface area contributed by atoms with Gasteiger partial charge in [0.15, 0.2) is 0 Å². The maximum atomic E-state index is 12.8. The minimum absolute atomic E-state index is 0.0298. The Morgan fingerprint density at radius 1 is 1.33 bits per heavy atom. The van der Waals surface area contributed by atoms with Crippen LogP contribution in [0.15, 0.2) is 33.8 Å². The van der Waals surface area contributed by atoms with E-state index in [1.165, 1.54) is 4.31 Å². The smallest absolute Gasteiger partial charge is 0.276 e. The molecule has 116 valence electrons. The fourth-order valence-corrected chi connectivity index (χ4v) is 4.13. The Morgan fingerprint density at radius 2 is 2.00 bits per heavy atom. The second-order valence-electron chi connectivity index (χ2n) is 5.22. The van der Waals surface area contributed by atoms with Crippen molar-refractivity contribution in [3.63, 3.8) is 0 Å². The molecule has 0 saturated heterocycles. The highest BCUT2D eigenvalue weighted by molar-refractivity contribution is 7.89. The molecule has 2 rings (SSSR count). The monoisotopic (exact) mass is 311 g/mol. The lowest BCUT2D eigenvalue weighted by Crippen LogP contribution is -2.37. The molecule has 1 aromatic heterocycles. The second kappa shape index (κ2) is 6.17. The van der Waals surface area contributed by atoms with Crippen molar-refractivity contribution in [2.75, 3.05) is 13.1 Å². The normalized spacial score (nSPS) is 14.0. The van der Waals surface area contributed by atoms with Crippen LogP contribution in [-0.4, -0.2) is 37.0 Å². The van der Waals surface area contributed by atoms with E-state index in [0.29, 0.717) is 24.1 Å². The molecule has 0 saturated carbocycles. The van der Waals surface area contributed by atoms with Gasteiger partial charge < -0.3 is 9.52 Å². The standard InChI is InChI=1S/C15H21NO4S/c1-4-9-16(10-11(2)17)21(18,19)15-12(3)13-7-5-6-8-14(13)20-15/h5-8,11,17H,4,9-10H2,1-3H3. The van der Waals surface area contributed by atoms with Crippen molar-refractivity contribution in [1.82, 2.24) is 4.31 Å². The summed E-state index contributed by atoms with van der Waals surface area (Å²) in [6.07, 6.45) is -0.0541. The van der Waals surface area contributed by atoms with E-state index >= 15 is 0 Å². The van der Waals surface area contributed by atoms with Gasteiger partial charge in [0.05, 0.1) is 6.10 Å². The van der Waals surface area contributed by atoms with E-state index in [1.54, 1.807) is 26.0 Å². The lowest BCUT2D eigenvalue weighted by molar-refractivity contribution is 0.162. The SMILES string of the molecule is CCCN(CC(C)O)S(=O)(=O)c1oc2ccccc2c1C. The summed E-state index contributed by atoms with van der Waals surface area (Å²) in [7, 11) is -3.74. The topological polar surface area (TPSA) is 70.8 Å². The number of benzene rings is 1. The molecule has 0 fully saturated rings. The first kappa shape index (κ1) is 16.0. The van der Waals surface area contributed by atoms with Crippen LogP contribution in [0.2, 0.25) is 0 Å². The predicted octanol–water partition coefficient (Wildman–Crippen LogP) is 2.52. The average molecular weight is 311 g/mol. The fourth-order valence-electron chi connectivity index (χ4n) is 2.37. The van der Waals surface area contributed by atoms with Crippen LogP contribution < -0.4 is 0 Å². The summed E-state index contributed by atoms with van der Waals surface area (Å²) in [5.41, 5.74) is 1.17. The van der Waals surface area contributed by atoms with Gasteiger partial charge in [-0.3, -0.25) is 0 Å². The Morgan fingerprint density at radius 3 is 2.57 bits per heavy atom. The summed E-state index contributed by atoms with van der Waals surface area (Å²) in [6, 6.07) is 7.24. The van der Waals surface area contributed by atoms with Crippen molar-refractivity contribution < 1.29 is 17.9 Å². The third-order valence-corrected chi connectivity index (χ3v) is 5.18. The number of fused-ring (bicyclic) bond motifs is 1. The molecule has 1 heterocycles. The van der Waals surface area contributed by atoms with Crippen LogP contribution in [0.3, 0.4) is 0 Å². The molecule has 0 bridgehead atoms. The number of aliphatic hydroxyl groups is 1. The van der Waals surface area contributed by atoms with Crippen LogP contribution in [0.4, 0.5) is 0 Å². The number of rotatable bonds is 6. The third-order valence-electron chi connectivity index (χ3n) is 3.31. The van der Waals surface area contributed by atoms with Crippen molar-refractivity contribution in [3.05, 3.63) is 29.8 Å². The molecule has 0 spiro atoms. The molecule has 0 radical (unpaired) electrons. The van der Waals surface area contributed by atoms with Crippen LogP contribution >= 0.6 is 0 Å². The number of aliphatic hydroxyl groups excluding tert-OH is 1. The zero-order valence-electron chi connectivity index (χ0n) is 12.5. The molecule has 1 aromatic carbocycles. The van der Waals surface area contributed by atoms with Crippen molar-refractivity contribution >= 4 is 21.0 Å². The van der Waals surface area contributed by atoms with Crippen LogP contribution in [0, 0.1) is 6.92 Å². The van der Waals surface area contributed by atoms with Crippen molar-refractivity contribution in [2.24, 2.45) is 0 Å². The molecule has 2 aromatic rings. The molecular weight excluding hydrogens is 290 g/mol. The minimum atomic E-state index is -3.74. The minimum Gasteiger partial charge on any atom is -0.443 e.